The highest BCUT2D eigenvalue weighted by Crippen LogP contribution is 2.48. The summed E-state index contributed by atoms with van der Waals surface area (Å²) in [6.45, 7) is 4.37. The Morgan fingerprint density at radius 1 is 1.07 bits per heavy atom. The highest BCUT2D eigenvalue weighted by molar-refractivity contribution is 7.89. The molecule has 0 bridgehead atoms. The van der Waals surface area contributed by atoms with E-state index in [-0.39, 0.29) is 48.8 Å². The number of nitro benzene ring substituents is 1. The molecular formula is C30H34F2N4O9S. The minimum Gasteiger partial charge on any atom is -0.491 e. The van der Waals surface area contributed by atoms with E-state index < -0.39 is 74.2 Å². The lowest BCUT2D eigenvalue weighted by molar-refractivity contribution is -0.384. The van der Waals surface area contributed by atoms with Gasteiger partial charge in [-0.1, -0.05) is 0 Å². The second kappa shape index (κ2) is 12.2. The van der Waals surface area contributed by atoms with Crippen LogP contribution in [0.3, 0.4) is 0 Å². The molecule has 16 heteroatoms. The van der Waals surface area contributed by atoms with E-state index in [9.17, 15) is 41.7 Å². The molecule has 1 spiro atoms. The normalized spacial score (nSPS) is 20.5. The third-order valence-electron chi connectivity index (χ3n) is 8.21. The SMILES string of the molecule is CC(C)(C)OC(=O)[C@@H]1CCCN1C(=O)[C@H](COc1ccc(F)c(F)c1)N1CCN(S(=O)(=O)c2ccc([N+](=O)[O-])cc2)C2(CC2)C1=O. The van der Waals surface area contributed by atoms with E-state index >= 15 is 0 Å². The summed E-state index contributed by atoms with van der Waals surface area (Å²) in [5, 5.41) is 11.1. The van der Waals surface area contributed by atoms with Crippen LogP contribution in [0.4, 0.5) is 14.5 Å². The summed E-state index contributed by atoms with van der Waals surface area (Å²) in [6, 6.07) is 4.88. The molecule has 0 N–H and O–H groups in total. The van der Waals surface area contributed by atoms with Gasteiger partial charge in [0.15, 0.2) is 11.6 Å². The molecule has 2 aliphatic heterocycles. The molecule has 2 heterocycles. The van der Waals surface area contributed by atoms with Crippen molar-refractivity contribution in [2.75, 3.05) is 26.2 Å². The number of carbonyl (C=O) groups is 3. The number of halogens is 2. The van der Waals surface area contributed by atoms with Crippen molar-refractivity contribution in [2.24, 2.45) is 0 Å². The maximum Gasteiger partial charge on any atom is 0.329 e. The van der Waals surface area contributed by atoms with E-state index in [2.05, 4.69) is 0 Å². The Morgan fingerprint density at radius 2 is 1.74 bits per heavy atom. The number of amides is 2. The molecule has 46 heavy (non-hydrogen) atoms. The fraction of sp³-hybridized carbons (Fsp3) is 0.500. The van der Waals surface area contributed by atoms with Crippen LogP contribution in [0, 0.1) is 21.7 Å². The average molecular weight is 665 g/mol. The second-order valence-corrected chi connectivity index (χ2v) is 14.3. The van der Waals surface area contributed by atoms with Gasteiger partial charge in [0.1, 0.15) is 35.6 Å². The summed E-state index contributed by atoms with van der Waals surface area (Å²) in [7, 11) is -4.27. The topological polar surface area (TPSA) is 157 Å². The second-order valence-electron chi connectivity index (χ2n) is 12.5. The van der Waals surface area contributed by atoms with Crippen LogP contribution in [0.1, 0.15) is 46.5 Å². The van der Waals surface area contributed by atoms with Gasteiger partial charge in [0.2, 0.25) is 21.8 Å². The largest absolute Gasteiger partial charge is 0.491 e. The minimum atomic E-state index is -4.27. The lowest BCUT2D eigenvalue weighted by Crippen LogP contribution is -2.66. The Labute approximate surface area is 264 Å². The molecule has 1 saturated carbocycles. The van der Waals surface area contributed by atoms with Crippen LogP contribution < -0.4 is 4.74 Å². The molecular weight excluding hydrogens is 630 g/mol. The fourth-order valence-corrected chi connectivity index (χ4v) is 7.63. The van der Waals surface area contributed by atoms with Crippen molar-refractivity contribution in [3.63, 3.8) is 0 Å². The first-order valence-electron chi connectivity index (χ1n) is 14.7. The van der Waals surface area contributed by atoms with Crippen LogP contribution in [0.5, 0.6) is 5.75 Å². The number of rotatable bonds is 9. The van der Waals surface area contributed by atoms with Gasteiger partial charge >= 0.3 is 5.97 Å². The van der Waals surface area contributed by atoms with Gasteiger partial charge in [-0.05, 0) is 70.7 Å². The molecule has 13 nitrogen and oxygen atoms in total. The zero-order valence-electron chi connectivity index (χ0n) is 25.5. The third-order valence-corrected chi connectivity index (χ3v) is 10.2. The number of non-ortho nitro benzene ring substituents is 1. The van der Waals surface area contributed by atoms with E-state index in [0.29, 0.717) is 12.8 Å². The van der Waals surface area contributed by atoms with Crippen LogP contribution in [0.15, 0.2) is 47.4 Å². The monoisotopic (exact) mass is 664 g/mol. The van der Waals surface area contributed by atoms with Crippen molar-refractivity contribution in [1.82, 2.24) is 14.1 Å². The Kier molecular flexibility index (Phi) is 8.81. The van der Waals surface area contributed by atoms with Crippen molar-refractivity contribution >= 4 is 33.5 Å². The molecule has 2 amide bonds. The van der Waals surface area contributed by atoms with Gasteiger partial charge in [-0.3, -0.25) is 19.7 Å². The molecule has 3 aliphatic rings. The number of benzene rings is 2. The zero-order valence-corrected chi connectivity index (χ0v) is 26.3. The van der Waals surface area contributed by atoms with Gasteiger partial charge in [-0.15, -0.1) is 0 Å². The predicted molar refractivity (Wildman–Crippen MR) is 157 cm³/mol. The number of hydrogen-bond acceptors (Lipinski definition) is 9. The van der Waals surface area contributed by atoms with Crippen LogP contribution in [-0.4, -0.2) is 94.7 Å². The number of nitro groups is 1. The molecule has 0 radical (unpaired) electrons. The van der Waals surface area contributed by atoms with Crippen LogP contribution in [0.2, 0.25) is 0 Å². The lowest BCUT2D eigenvalue weighted by atomic mass is 10.1. The summed E-state index contributed by atoms with van der Waals surface area (Å²) < 4.78 is 67.1. The van der Waals surface area contributed by atoms with E-state index in [0.717, 1.165) is 46.8 Å². The average Bonchev–Trinajstić information content (AvgIpc) is 3.60. The lowest BCUT2D eigenvalue weighted by Gasteiger charge is -2.44. The zero-order chi connectivity index (χ0) is 33.6. The van der Waals surface area contributed by atoms with Crippen LogP contribution >= 0.6 is 0 Å². The van der Waals surface area contributed by atoms with Gasteiger partial charge in [0.05, 0.1) is 9.82 Å². The molecule has 0 aromatic heterocycles. The summed E-state index contributed by atoms with van der Waals surface area (Å²) in [5.41, 5.74) is -2.60. The number of sulfonamides is 1. The Morgan fingerprint density at radius 3 is 2.33 bits per heavy atom. The molecule has 1 aliphatic carbocycles. The van der Waals surface area contributed by atoms with E-state index in [1.54, 1.807) is 20.8 Å². The number of likely N-dealkylation sites (tertiary alicyclic amines) is 1. The summed E-state index contributed by atoms with van der Waals surface area (Å²) in [4.78, 5) is 54.0. The summed E-state index contributed by atoms with van der Waals surface area (Å²) in [5.74, 6) is -4.27. The highest BCUT2D eigenvalue weighted by Gasteiger charge is 2.63. The number of nitrogens with zero attached hydrogens (tertiary/aromatic N) is 4. The predicted octanol–water partition coefficient (Wildman–Crippen LogP) is 3.02. The first-order valence-corrected chi connectivity index (χ1v) is 16.2. The van der Waals surface area contributed by atoms with Gasteiger partial charge in [0.25, 0.3) is 5.69 Å². The van der Waals surface area contributed by atoms with Crippen LogP contribution in [0.25, 0.3) is 0 Å². The number of hydrogen-bond donors (Lipinski definition) is 0. The smallest absolute Gasteiger partial charge is 0.329 e. The van der Waals surface area contributed by atoms with Crippen molar-refractivity contribution in [2.45, 2.75) is 74.6 Å². The van der Waals surface area contributed by atoms with Gasteiger partial charge < -0.3 is 19.3 Å². The molecule has 5 rings (SSSR count). The standard InChI is InChI=1S/C30H34F2N4O9S/c1-29(2,3)45-27(38)24-5-4-14-33(24)26(37)25(18-44-20-8-11-22(31)23(32)17-20)34-15-16-35(30(12-13-30)28(34)39)46(42,43)21-9-6-19(7-10-21)36(40)41/h6-11,17,24-25H,4-5,12-16,18H2,1-3H3/t24-,25-/m0/s1. The Hall–Kier alpha value is -4.18. The number of esters is 1. The molecule has 248 valence electrons. The molecule has 0 unspecified atom stereocenters. The van der Waals surface area contributed by atoms with Crippen molar-refractivity contribution in [1.29, 1.82) is 0 Å². The minimum absolute atomic E-state index is 0.102. The summed E-state index contributed by atoms with van der Waals surface area (Å²) >= 11 is 0. The Balaban J connectivity index is 1.43. The fourth-order valence-electron chi connectivity index (χ4n) is 5.86. The molecule has 2 aromatic rings. The maximum atomic E-state index is 14.2. The van der Waals surface area contributed by atoms with E-state index in [1.807, 2.05) is 0 Å². The third kappa shape index (κ3) is 6.40. The molecule has 2 saturated heterocycles. The molecule has 2 aromatic carbocycles. The van der Waals surface area contributed by atoms with Crippen LogP contribution in [-0.2, 0) is 29.1 Å². The highest BCUT2D eigenvalue weighted by atomic mass is 32.2. The van der Waals surface area contributed by atoms with Crippen molar-refractivity contribution in [3.8, 4) is 5.75 Å². The first kappa shape index (κ1) is 33.2. The van der Waals surface area contributed by atoms with Gasteiger partial charge in [-0.2, -0.15) is 4.31 Å². The number of carbonyl (C=O) groups excluding carboxylic acids is 3. The molecule has 2 atom stereocenters. The van der Waals surface area contributed by atoms with Gasteiger partial charge in [0, 0.05) is 37.8 Å². The van der Waals surface area contributed by atoms with E-state index in [1.165, 1.54) is 9.80 Å². The quantitative estimate of drug-likeness (QED) is 0.223. The number of piperazine rings is 1. The number of ether oxygens (including phenoxy) is 2. The van der Waals surface area contributed by atoms with Crippen molar-refractivity contribution in [3.05, 3.63) is 64.2 Å². The maximum absolute atomic E-state index is 14.2. The van der Waals surface area contributed by atoms with Crippen molar-refractivity contribution < 1.29 is 46.0 Å². The summed E-state index contributed by atoms with van der Waals surface area (Å²) in [6.07, 6.45) is 1.16. The van der Waals surface area contributed by atoms with E-state index in [4.69, 9.17) is 9.47 Å². The van der Waals surface area contributed by atoms with Gasteiger partial charge in [-0.25, -0.2) is 22.0 Å². The Bertz CT molecular complexity index is 1660. The first-order chi connectivity index (χ1) is 21.5. The molecule has 3 fully saturated rings.